The van der Waals surface area contributed by atoms with Gasteiger partial charge in [0.05, 0.1) is 12.1 Å². The number of aromatic nitrogens is 2. The Hall–Kier alpha value is -1.76. The lowest BCUT2D eigenvalue weighted by atomic mass is 9.76. The SMILES string of the molecule is CCn1c(N)c(NC2(CO)CCCC(C)C2)c(=O)[nH]c1=O. The van der Waals surface area contributed by atoms with Gasteiger partial charge in [-0.05, 0) is 25.7 Å². The van der Waals surface area contributed by atoms with Gasteiger partial charge in [-0.25, -0.2) is 4.79 Å². The maximum atomic E-state index is 12.0. The number of rotatable bonds is 4. The molecule has 118 valence electrons. The van der Waals surface area contributed by atoms with E-state index < -0.39 is 16.8 Å². The minimum absolute atomic E-state index is 0.0680. The summed E-state index contributed by atoms with van der Waals surface area (Å²) in [6, 6.07) is 0. The molecule has 1 heterocycles. The molecule has 0 spiro atoms. The molecule has 0 bridgehead atoms. The van der Waals surface area contributed by atoms with Crippen LogP contribution in [0.25, 0.3) is 0 Å². The Morgan fingerprint density at radius 3 is 2.81 bits per heavy atom. The van der Waals surface area contributed by atoms with Crippen LogP contribution in [0.1, 0.15) is 39.5 Å². The second-order valence-electron chi connectivity index (χ2n) is 6.03. The molecule has 0 saturated heterocycles. The lowest BCUT2D eigenvalue weighted by Gasteiger charge is -2.40. The van der Waals surface area contributed by atoms with E-state index in [1.165, 1.54) is 4.57 Å². The third-order valence-corrected chi connectivity index (χ3v) is 4.34. The van der Waals surface area contributed by atoms with Gasteiger partial charge in [0.1, 0.15) is 11.5 Å². The van der Waals surface area contributed by atoms with E-state index in [9.17, 15) is 14.7 Å². The number of nitrogens with one attached hydrogen (secondary N) is 2. The molecule has 1 saturated carbocycles. The van der Waals surface area contributed by atoms with E-state index in [2.05, 4.69) is 17.2 Å². The molecule has 1 aromatic heterocycles. The molecule has 1 fully saturated rings. The summed E-state index contributed by atoms with van der Waals surface area (Å²) in [7, 11) is 0. The highest BCUT2D eigenvalue weighted by Gasteiger charge is 2.35. The minimum atomic E-state index is -0.547. The van der Waals surface area contributed by atoms with Crippen LogP contribution >= 0.6 is 0 Å². The topological polar surface area (TPSA) is 113 Å². The highest BCUT2D eigenvalue weighted by molar-refractivity contribution is 5.61. The van der Waals surface area contributed by atoms with Gasteiger partial charge >= 0.3 is 5.69 Å². The van der Waals surface area contributed by atoms with Crippen molar-refractivity contribution in [1.82, 2.24) is 9.55 Å². The van der Waals surface area contributed by atoms with E-state index in [-0.39, 0.29) is 18.1 Å². The lowest BCUT2D eigenvalue weighted by Crippen LogP contribution is -2.48. The highest BCUT2D eigenvalue weighted by atomic mass is 16.3. The first-order valence-corrected chi connectivity index (χ1v) is 7.44. The van der Waals surface area contributed by atoms with Gasteiger partial charge in [-0.3, -0.25) is 14.3 Å². The summed E-state index contributed by atoms with van der Waals surface area (Å²) >= 11 is 0. The fourth-order valence-electron chi connectivity index (χ4n) is 3.24. The summed E-state index contributed by atoms with van der Waals surface area (Å²) in [5.41, 5.74) is 4.55. The molecule has 0 radical (unpaired) electrons. The Morgan fingerprint density at radius 2 is 2.24 bits per heavy atom. The highest BCUT2D eigenvalue weighted by Crippen LogP contribution is 2.34. The van der Waals surface area contributed by atoms with Crippen LogP contribution < -0.4 is 22.3 Å². The molecule has 2 atom stereocenters. The first kappa shape index (κ1) is 15.6. The maximum absolute atomic E-state index is 12.0. The van der Waals surface area contributed by atoms with Gasteiger partial charge in [0.25, 0.3) is 5.56 Å². The molecule has 1 aliphatic rings. The summed E-state index contributed by atoms with van der Waals surface area (Å²) in [6.07, 6.45) is 3.65. The first-order valence-electron chi connectivity index (χ1n) is 7.44. The Morgan fingerprint density at radius 1 is 1.52 bits per heavy atom. The molecule has 2 rings (SSSR count). The number of aliphatic hydroxyl groups is 1. The fraction of sp³-hybridized carbons (Fsp3) is 0.714. The average Bonchev–Trinajstić information content (AvgIpc) is 2.44. The second-order valence-corrected chi connectivity index (χ2v) is 6.03. The van der Waals surface area contributed by atoms with Gasteiger partial charge in [-0.1, -0.05) is 19.8 Å². The van der Waals surface area contributed by atoms with Crippen LogP contribution in [0, 0.1) is 5.92 Å². The average molecular weight is 296 g/mol. The summed E-state index contributed by atoms with van der Waals surface area (Å²) in [6.45, 7) is 4.22. The Kier molecular flexibility index (Phi) is 4.41. The van der Waals surface area contributed by atoms with E-state index in [0.29, 0.717) is 12.5 Å². The van der Waals surface area contributed by atoms with Crippen LogP contribution in [0.4, 0.5) is 11.5 Å². The van der Waals surface area contributed by atoms with Crippen molar-refractivity contribution in [3.63, 3.8) is 0 Å². The molecule has 7 nitrogen and oxygen atoms in total. The summed E-state index contributed by atoms with van der Waals surface area (Å²) in [4.78, 5) is 26.0. The molecule has 0 aliphatic heterocycles. The maximum Gasteiger partial charge on any atom is 0.330 e. The van der Waals surface area contributed by atoms with E-state index in [0.717, 1.165) is 25.7 Å². The molecule has 7 heteroatoms. The monoisotopic (exact) mass is 296 g/mol. The van der Waals surface area contributed by atoms with Gasteiger partial charge in [-0.15, -0.1) is 0 Å². The van der Waals surface area contributed by atoms with Gasteiger partial charge in [-0.2, -0.15) is 0 Å². The van der Waals surface area contributed by atoms with E-state index in [1.807, 2.05) is 0 Å². The van der Waals surface area contributed by atoms with Crippen molar-refractivity contribution in [3.8, 4) is 0 Å². The summed E-state index contributed by atoms with van der Waals surface area (Å²) in [5, 5.41) is 12.9. The van der Waals surface area contributed by atoms with Crippen LogP contribution in [-0.4, -0.2) is 26.8 Å². The largest absolute Gasteiger partial charge is 0.394 e. The fourth-order valence-corrected chi connectivity index (χ4v) is 3.24. The van der Waals surface area contributed by atoms with Gasteiger partial charge < -0.3 is 16.2 Å². The third kappa shape index (κ3) is 2.97. The smallest absolute Gasteiger partial charge is 0.330 e. The third-order valence-electron chi connectivity index (χ3n) is 4.34. The standard InChI is InChI=1S/C14H24N4O3/c1-3-18-11(15)10(12(20)16-13(18)21)17-14(8-19)6-4-5-9(2)7-14/h9,17,19H,3-8,15H2,1-2H3,(H,16,20,21). The Labute approximate surface area is 123 Å². The van der Waals surface area contributed by atoms with Crippen LogP contribution in [0.5, 0.6) is 0 Å². The second kappa shape index (κ2) is 5.93. The van der Waals surface area contributed by atoms with Gasteiger partial charge in [0, 0.05) is 6.54 Å². The molecular weight excluding hydrogens is 272 g/mol. The number of aromatic amines is 1. The van der Waals surface area contributed by atoms with Crippen LogP contribution in [-0.2, 0) is 6.54 Å². The van der Waals surface area contributed by atoms with E-state index >= 15 is 0 Å². The number of nitrogens with two attached hydrogens (primary N) is 1. The zero-order chi connectivity index (χ0) is 15.6. The van der Waals surface area contributed by atoms with E-state index in [4.69, 9.17) is 5.73 Å². The quantitative estimate of drug-likeness (QED) is 0.646. The zero-order valence-electron chi connectivity index (χ0n) is 12.6. The molecular formula is C14H24N4O3. The van der Waals surface area contributed by atoms with Crippen LogP contribution in [0.2, 0.25) is 0 Å². The first-order chi connectivity index (χ1) is 9.92. The number of H-pyrrole nitrogens is 1. The number of aliphatic hydroxyl groups excluding tert-OH is 1. The molecule has 5 N–H and O–H groups in total. The van der Waals surface area contributed by atoms with E-state index in [1.54, 1.807) is 6.92 Å². The molecule has 2 unspecified atom stereocenters. The predicted octanol–water partition coefficient (Wildman–Crippen LogP) is 0.492. The Bertz CT molecular complexity index is 622. The number of anilines is 2. The molecule has 0 aromatic carbocycles. The number of nitrogen functional groups attached to an aromatic ring is 1. The minimum Gasteiger partial charge on any atom is -0.394 e. The van der Waals surface area contributed by atoms with Crippen molar-refractivity contribution in [2.45, 2.75) is 51.6 Å². The number of hydrogen-bond donors (Lipinski definition) is 4. The molecule has 1 aliphatic carbocycles. The molecule has 0 amide bonds. The molecule has 1 aromatic rings. The van der Waals surface area contributed by atoms with Crippen LogP contribution in [0.3, 0.4) is 0 Å². The predicted molar refractivity (Wildman–Crippen MR) is 82.5 cm³/mol. The lowest BCUT2D eigenvalue weighted by molar-refractivity contribution is 0.149. The number of nitrogens with zero attached hydrogens (tertiary/aromatic N) is 1. The normalized spacial score (nSPS) is 25.8. The van der Waals surface area contributed by atoms with Crippen molar-refractivity contribution in [2.75, 3.05) is 17.7 Å². The van der Waals surface area contributed by atoms with Crippen molar-refractivity contribution in [1.29, 1.82) is 0 Å². The Balaban J connectivity index is 2.42. The molecule has 21 heavy (non-hydrogen) atoms. The van der Waals surface area contributed by atoms with Crippen molar-refractivity contribution in [2.24, 2.45) is 5.92 Å². The summed E-state index contributed by atoms with van der Waals surface area (Å²) in [5.74, 6) is 0.591. The summed E-state index contributed by atoms with van der Waals surface area (Å²) < 4.78 is 1.31. The van der Waals surface area contributed by atoms with Crippen LogP contribution in [0.15, 0.2) is 9.59 Å². The van der Waals surface area contributed by atoms with Gasteiger partial charge in [0.15, 0.2) is 0 Å². The zero-order valence-corrected chi connectivity index (χ0v) is 12.6. The van der Waals surface area contributed by atoms with Gasteiger partial charge in [0.2, 0.25) is 0 Å². The van der Waals surface area contributed by atoms with Crippen molar-refractivity contribution >= 4 is 11.5 Å². The number of hydrogen-bond acceptors (Lipinski definition) is 5. The van der Waals surface area contributed by atoms with Crippen molar-refractivity contribution < 1.29 is 5.11 Å². The van der Waals surface area contributed by atoms with Crippen molar-refractivity contribution in [3.05, 3.63) is 20.8 Å².